The fraction of sp³-hybridized carbons (Fsp3) is 0.143. The standard InChI is InChI=1S/C7H10N2/c1-2-5-9-6-3-8-4-7-9/h2-4,6-8H,1,5H2. The largest absolute Gasteiger partial charge is 0.365 e. The first-order chi connectivity index (χ1) is 4.43. The van der Waals surface area contributed by atoms with E-state index >= 15 is 0 Å². The zero-order valence-electron chi connectivity index (χ0n) is 5.25. The summed E-state index contributed by atoms with van der Waals surface area (Å²) in [6.45, 7) is 4.49. The molecule has 0 aromatic heterocycles. The van der Waals surface area contributed by atoms with Crippen LogP contribution < -0.4 is 5.32 Å². The van der Waals surface area contributed by atoms with Crippen LogP contribution in [-0.4, -0.2) is 11.4 Å². The van der Waals surface area contributed by atoms with E-state index in [0.29, 0.717) is 0 Å². The predicted molar refractivity (Wildman–Crippen MR) is 38.3 cm³/mol. The average molecular weight is 122 g/mol. The molecule has 0 aliphatic carbocycles. The van der Waals surface area contributed by atoms with E-state index in [4.69, 9.17) is 0 Å². The van der Waals surface area contributed by atoms with E-state index in [9.17, 15) is 0 Å². The minimum atomic E-state index is 0.870. The Hall–Kier alpha value is -1.18. The van der Waals surface area contributed by atoms with Gasteiger partial charge in [0.05, 0.1) is 0 Å². The molecule has 0 spiro atoms. The van der Waals surface area contributed by atoms with Crippen molar-refractivity contribution in [3.63, 3.8) is 0 Å². The van der Waals surface area contributed by atoms with E-state index in [-0.39, 0.29) is 0 Å². The van der Waals surface area contributed by atoms with E-state index in [1.165, 1.54) is 0 Å². The van der Waals surface area contributed by atoms with Crippen LogP contribution in [0.25, 0.3) is 0 Å². The lowest BCUT2D eigenvalue weighted by Gasteiger charge is -2.14. The normalized spacial score (nSPS) is 15.3. The Bertz CT molecular complexity index is 135. The smallest absolute Gasteiger partial charge is 0.0399 e. The second kappa shape index (κ2) is 2.97. The first kappa shape index (κ1) is 5.95. The highest BCUT2D eigenvalue weighted by Gasteiger charge is 1.90. The topological polar surface area (TPSA) is 15.3 Å². The molecule has 1 heterocycles. The summed E-state index contributed by atoms with van der Waals surface area (Å²) >= 11 is 0. The molecule has 0 fully saturated rings. The third-order valence-corrected chi connectivity index (χ3v) is 1.06. The van der Waals surface area contributed by atoms with Gasteiger partial charge in [-0.2, -0.15) is 0 Å². The monoisotopic (exact) mass is 122 g/mol. The van der Waals surface area contributed by atoms with Crippen LogP contribution in [0.1, 0.15) is 0 Å². The highest BCUT2D eigenvalue weighted by molar-refractivity contribution is 5.00. The average Bonchev–Trinajstić information content (AvgIpc) is 1.91. The molecule has 48 valence electrons. The molecule has 0 radical (unpaired) electrons. The number of nitrogens with one attached hydrogen (secondary N) is 1. The van der Waals surface area contributed by atoms with Gasteiger partial charge in [-0.3, -0.25) is 0 Å². The summed E-state index contributed by atoms with van der Waals surface area (Å²) in [5, 5.41) is 2.94. The molecule has 0 saturated heterocycles. The Morgan fingerprint density at radius 2 is 2.11 bits per heavy atom. The van der Waals surface area contributed by atoms with E-state index < -0.39 is 0 Å². The SMILES string of the molecule is C=CCN1C=CNC=C1. The van der Waals surface area contributed by atoms with Gasteiger partial charge in [0, 0.05) is 31.3 Å². The molecule has 1 N–H and O–H groups in total. The molecule has 2 heteroatoms. The highest BCUT2D eigenvalue weighted by atomic mass is 15.1. The molecule has 0 aromatic carbocycles. The molecular formula is C7H10N2. The van der Waals surface area contributed by atoms with Crippen LogP contribution in [0.3, 0.4) is 0 Å². The van der Waals surface area contributed by atoms with Gasteiger partial charge < -0.3 is 10.2 Å². The van der Waals surface area contributed by atoms with Crippen molar-refractivity contribution in [3.8, 4) is 0 Å². The van der Waals surface area contributed by atoms with Crippen LogP contribution >= 0.6 is 0 Å². The molecule has 9 heavy (non-hydrogen) atoms. The van der Waals surface area contributed by atoms with Crippen LogP contribution in [0.4, 0.5) is 0 Å². The third kappa shape index (κ3) is 1.64. The van der Waals surface area contributed by atoms with Crippen LogP contribution in [0.5, 0.6) is 0 Å². The van der Waals surface area contributed by atoms with Crippen LogP contribution in [0, 0.1) is 0 Å². The second-order valence-electron chi connectivity index (χ2n) is 1.78. The van der Waals surface area contributed by atoms with Crippen molar-refractivity contribution in [1.82, 2.24) is 10.2 Å². The number of nitrogens with zero attached hydrogens (tertiary/aromatic N) is 1. The predicted octanol–water partition coefficient (Wildman–Crippen LogP) is 1.02. The lowest BCUT2D eigenvalue weighted by molar-refractivity contribution is 0.550. The van der Waals surface area contributed by atoms with E-state index in [1.54, 1.807) is 0 Å². The number of rotatable bonds is 2. The summed E-state index contributed by atoms with van der Waals surface area (Å²) in [7, 11) is 0. The van der Waals surface area contributed by atoms with Gasteiger partial charge in [-0.05, 0) is 0 Å². The van der Waals surface area contributed by atoms with Crippen molar-refractivity contribution in [2.75, 3.05) is 6.54 Å². The van der Waals surface area contributed by atoms with E-state index in [1.807, 2.05) is 35.8 Å². The summed E-state index contributed by atoms with van der Waals surface area (Å²) in [4.78, 5) is 2.03. The Labute approximate surface area is 55.2 Å². The first-order valence-corrected chi connectivity index (χ1v) is 2.89. The van der Waals surface area contributed by atoms with Crippen LogP contribution in [0.2, 0.25) is 0 Å². The molecule has 1 aliphatic rings. The molecule has 1 rings (SSSR count). The fourth-order valence-electron chi connectivity index (χ4n) is 0.654. The van der Waals surface area contributed by atoms with Gasteiger partial charge >= 0.3 is 0 Å². The highest BCUT2D eigenvalue weighted by Crippen LogP contribution is 1.93. The van der Waals surface area contributed by atoms with Crippen molar-refractivity contribution in [2.45, 2.75) is 0 Å². The van der Waals surface area contributed by atoms with E-state index in [0.717, 1.165) is 6.54 Å². The summed E-state index contributed by atoms with van der Waals surface area (Å²) in [5.74, 6) is 0. The molecule has 0 aromatic rings. The lowest BCUT2D eigenvalue weighted by Crippen LogP contribution is -2.14. The summed E-state index contributed by atoms with van der Waals surface area (Å²) in [6.07, 6.45) is 9.54. The summed E-state index contributed by atoms with van der Waals surface area (Å²) < 4.78 is 0. The Morgan fingerprint density at radius 1 is 1.44 bits per heavy atom. The maximum absolute atomic E-state index is 3.62. The van der Waals surface area contributed by atoms with Crippen molar-refractivity contribution in [3.05, 3.63) is 37.5 Å². The Balaban J connectivity index is 2.39. The molecule has 0 unspecified atom stereocenters. The molecular weight excluding hydrogens is 112 g/mol. The Morgan fingerprint density at radius 3 is 2.67 bits per heavy atom. The molecule has 0 atom stereocenters. The molecule has 0 bridgehead atoms. The number of hydrogen-bond acceptors (Lipinski definition) is 2. The first-order valence-electron chi connectivity index (χ1n) is 2.89. The lowest BCUT2D eigenvalue weighted by atomic mass is 10.5. The van der Waals surface area contributed by atoms with Crippen LogP contribution in [-0.2, 0) is 0 Å². The van der Waals surface area contributed by atoms with Gasteiger partial charge in [-0.1, -0.05) is 6.08 Å². The second-order valence-corrected chi connectivity index (χ2v) is 1.78. The zero-order valence-corrected chi connectivity index (χ0v) is 5.25. The van der Waals surface area contributed by atoms with Crippen molar-refractivity contribution in [2.24, 2.45) is 0 Å². The van der Waals surface area contributed by atoms with Crippen molar-refractivity contribution in [1.29, 1.82) is 0 Å². The van der Waals surface area contributed by atoms with Gasteiger partial charge in [0.15, 0.2) is 0 Å². The molecule has 0 saturated carbocycles. The minimum Gasteiger partial charge on any atom is -0.365 e. The van der Waals surface area contributed by atoms with Crippen LogP contribution in [0.15, 0.2) is 37.5 Å². The number of hydrogen-bond donors (Lipinski definition) is 1. The molecule has 0 amide bonds. The van der Waals surface area contributed by atoms with Gasteiger partial charge in [0.2, 0.25) is 0 Å². The molecule has 1 aliphatic heterocycles. The fourth-order valence-corrected chi connectivity index (χ4v) is 0.654. The maximum atomic E-state index is 3.62. The quantitative estimate of drug-likeness (QED) is 0.550. The van der Waals surface area contributed by atoms with Gasteiger partial charge in [-0.25, -0.2) is 0 Å². The Kier molecular flexibility index (Phi) is 1.96. The van der Waals surface area contributed by atoms with Gasteiger partial charge in [0.1, 0.15) is 0 Å². The molecule has 2 nitrogen and oxygen atoms in total. The summed E-state index contributed by atoms with van der Waals surface area (Å²) in [6, 6.07) is 0. The van der Waals surface area contributed by atoms with Gasteiger partial charge in [0.25, 0.3) is 0 Å². The summed E-state index contributed by atoms with van der Waals surface area (Å²) in [5.41, 5.74) is 0. The maximum Gasteiger partial charge on any atom is 0.0399 e. The van der Waals surface area contributed by atoms with Crippen molar-refractivity contribution < 1.29 is 0 Å². The zero-order chi connectivity index (χ0) is 6.53. The van der Waals surface area contributed by atoms with Gasteiger partial charge in [-0.15, -0.1) is 6.58 Å². The van der Waals surface area contributed by atoms with Crippen molar-refractivity contribution >= 4 is 0 Å². The minimum absolute atomic E-state index is 0.870. The third-order valence-electron chi connectivity index (χ3n) is 1.06. The van der Waals surface area contributed by atoms with E-state index in [2.05, 4.69) is 11.9 Å².